The van der Waals surface area contributed by atoms with Crippen LogP contribution >= 0.6 is 0 Å². The number of rotatable bonds is 17. The minimum Gasteiger partial charge on any atom is -0.497 e. The molecular weight excluding hydrogens is 416 g/mol. The summed E-state index contributed by atoms with van der Waals surface area (Å²) >= 11 is 0. The largest absolute Gasteiger partial charge is 0.500 e. The van der Waals surface area contributed by atoms with E-state index >= 15 is 0 Å². The molecule has 1 aromatic rings. The standard InChI is InChI=1S/C23H38O7Si/c1-6-28-31(29-7-2,30-8-3)18-12-10-9-11-17-27-23(24)16-13-20-19-21(25-4)14-15-22(20)26-5/h13-16,19H,6-12,17-18H2,1-5H3/b16-13+. The van der Waals surface area contributed by atoms with Gasteiger partial charge in [0.25, 0.3) is 0 Å². The molecule has 1 aromatic carbocycles. The van der Waals surface area contributed by atoms with Crippen LogP contribution in [-0.4, -0.2) is 55.4 Å². The first-order valence-corrected chi connectivity index (χ1v) is 13.0. The topological polar surface area (TPSA) is 72.5 Å². The molecule has 7 nitrogen and oxygen atoms in total. The van der Waals surface area contributed by atoms with E-state index in [0.717, 1.165) is 37.3 Å². The summed E-state index contributed by atoms with van der Waals surface area (Å²) in [5.74, 6) is 0.981. The number of esters is 1. The average Bonchev–Trinajstić information content (AvgIpc) is 2.77. The highest BCUT2D eigenvalue weighted by Gasteiger charge is 2.39. The average molecular weight is 455 g/mol. The van der Waals surface area contributed by atoms with Gasteiger partial charge in [-0.15, -0.1) is 0 Å². The minimum atomic E-state index is -2.55. The molecule has 0 radical (unpaired) electrons. The molecule has 0 atom stereocenters. The van der Waals surface area contributed by atoms with Gasteiger partial charge in [-0.25, -0.2) is 4.79 Å². The number of hydrogen-bond donors (Lipinski definition) is 0. The van der Waals surface area contributed by atoms with Crippen LogP contribution in [0.25, 0.3) is 6.08 Å². The van der Waals surface area contributed by atoms with Crippen LogP contribution in [-0.2, 0) is 22.8 Å². The summed E-state index contributed by atoms with van der Waals surface area (Å²) in [4.78, 5) is 12.0. The number of carbonyl (C=O) groups is 1. The maximum absolute atomic E-state index is 12.0. The SMILES string of the molecule is CCO[Si](CCCCCCOC(=O)/C=C/c1cc(OC)ccc1OC)(OCC)OCC. The third kappa shape index (κ3) is 10.3. The zero-order valence-corrected chi connectivity index (χ0v) is 20.6. The first-order valence-electron chi connectivity index (χ1n) is 11.0. The van der Waals surface area contributed by atoms with Crippen molar-refractivity contribution in [3.05, 3.63) is 29.8 Å². The molecule has 31 heavy (non-hydrogen) atoms. The van der Waals surface area contributed by atoms with Crippen molar-refractivity contribution >= 4 is 20.8 Å². The van der Waals surface area contributed by atoms with E-state index in [0.29, 0.717) is 37.9 Å². The monoisotopic (exact) mass is 454 g/mol. The van der Waals surface area contributed by atoms with Crippen molar-refractivity contribution < 1.29 is 32.3 Å². The van der Waals surface area contributed by atoms with Crippen LogP contribution in [0, 0.1) is 0 Å². The summed E-state index contributed by atoms with van der Waals surface area (Å²) in [6, 6.07) is 6.22. The fourth-order valence-electron chi connectivity index (χ4n) is 3.15. The molecule has 0 aliphatic carbocycles. The summed E-state index contributed by atoms with van der Waals surface area (Å²) in [7, 11) is 0.625. The predicted molar refractivity (Wildman–Crippen MR) is 123 cm³/mol. The maximum Gasteiger partial charge on any atom is 0.500 e. The van der Waals surface area contributed by atoms with Crippen molar-refractivity contribution in [1.82, 2.24) is 0 Å². The molecule has 0 saturated heterocycles. The van der Waals surface area contributed by atoms with Crippen LogP contribution < -0.4 is 9.47 Å². The molecule has 1 rings (SSSR count). The molecular formula is C23H38O7Si. The molecule has 0 heterocycles. The number of hydrogen-bond acceptors (Lipinski definition) is 7. The third-order valence-electron chi connectivity index (χ3n) is 4.55. The van der Waals surface area contributed by atoms with Crippen molar-refractivity contribution in [1.29, 1.82) is 0 Å². The van der Waals surface area contributed by atoms with Gasteiger partial charge in [0.15, 0.2) is 0 Å². The Kier molecular flexibility index (Phi) is 13.9. The molecule has 0 amide bonds. The van der Waals surface area contributed by atoms with E-state index in [1.165, 1.54) is 6.08 Å². The Morgan fingerprint density at radius 3 is 2.13 bits per heavy atom. The first-order chi connectivity index (χ1) is 15.0. The van der Waals surface area contributed by atoms with Gasteiger partial charge in [0, 0.05) is 37.5 Å². The fraction of sp³-hybridized carbons (Fsp3) is 0.609. The van der Waals surface area contributed by atoms with Gasteiger partial charge in [0.1, 0.15) is 11.5 Å². The summed E-state index contributed by atoms with van der Waals surface area (Å²) < 4.78 is 33.4. The Balaban J connectivity index is 2.34. The molecule has 0 spiro atoms. The molecule has 0 aliphatic heterocycles. The summed E-state index contributed by atoms with van der Waals surface area (Å²) in [5.41, 5.74) is 0.754. The second-order valence-corrected chi connectivity index (χ2v) is 9.49. The molecule has 0 fully saturated rings. The van der Waals surface area contributed by atoms with Gasteiger partial charge in [-0.3, -0.25) is 0 Å². The van der Waals surface area contributed by atoms with Gasteiger partial charge >= 0.3 is 14.8 Å². The van der Waals surface area contributed by atoms with Crippen molar-refractivity contribution in [2.75, 3.05) is 40.6 Å². The van der Waals surface area contributed by atoms with Crippen LogP contribution in [0.2, 0.25) is 6.04 Å². The van der Waals surface area contributed by atoms with Crippen LogP contribution in [0.4, 0.5) is 0 Å². The van der Waals surface area contributed by atoms with E-state index in [2.05, 4.69) is 0 Å². The number of carbonyl (C=O) groups excluding carboxylic acids is 1. The number of ether oxygens (including phenoxy) is 3. The van der Waals surface area contributed by atoms with Gasteiger partial charge in [-0.1, -0.05) is 12.8 Å². The lowest BCUT2D eigenvalue weighted by molar-refractivity contribution is -0.137. The Bertz CT molecular complexity index is 646. The number of benzene rings is 1. The minimum absolute atomic E-state index is 0.375. The molecule has 0 saturated carbocycles. The van der Waals surface area contributed by atoms with Crippen molar-refractivity contribution in [2.45, 2.75) is 52.5 Å². The molecule has 8 heteroatoms. The Morgan fingerprint density at radius 1 is 0.903 bits per heavy atom. The van der Waals surface area contributed by atoms with Crippen LogP contribution in [0.5, 0.6) is 11.5 Å². The summed E-state index contributed by atoms with van der Waals surface area (Å²) in [6.07, 6.45) is 6.84. The molecule has 176 valence electrons. The van der Waals surface area contributed by atoms with E-state index in [1.54, 1.807) is 38.5 Å². The van der Waals surface area contributed by atoms with Gasteiger partial charge in [0.2, 0.25) is 0 Å². The van der Waals surface area contributed by atoms with E-state index in [-0.39, 0.29) is 5.97 Å². The first kappa shape index (κ1) is 27.2. The lowest BCUT2D eigenvalue weighted by atomic mass is 10.1. The smallest absolute Gasteiger partial charge is 0.497 e. The van der Waals surface area contributed by atoms with Crippen molar-refractivity contribution in [3.8, 4) is 11.5 Å². The summed E-state index contributed by atoms with van der Waals surface area (Å²) in [6.45, 7) is 8.07. The maximum atomic E-state index is 12.0. The Labute approximate surface area is 188 Å². The molecule has 0 aliphatic rings. The number of unbranched alkanes of at least 4 members (excludes halogenated alkanes) is 3. The van der Waals surface area contributed by atoms with E-state index in [9.17, 15) is 4.79 Å². The van der Waals surface area contributed by atoms with E-state index in [1.807, 2.05) is 20.8 Å². The van der Waals surface area contributed by atoms with E-state index < -0.39 is 8.80 Å². The van der Waals surface area contributed by atoms with Crippen LogP contribution in [0.1, 0.15) is 52.0 Å². The van der Waals surface area contributed by atoms with E-state index in [4.69, 9.17) is 27.5 Å². The van der Waals surface area contributed by atoms with Gasteiger partial charge < -0.3 is 27.5 Å². The highest BCUT2D eigenvalue weighted by Crippen LogP contribution is 2.25. The van der Waals surface area contributed by atoms with Crippen molar-refractivity contribution in [3.63, 3.8) is 0 Å². The quantitative estimate of drug-likeness (QED) is 0.144. The second kappa shape index (κ2) is 15.9. The predicted octanol–water partition coefficient (Wildman–Crippen LogP) is 4.87. The number of methoxy groups -OCH3 is 2. The molecule has 0 unspecified atom stereocenters. The van der Waals surface area contributed by atoms with Gasteiger partial charge in [0.05, 0.1) is 20.8 Å². The molecule has 0 aromatic heterocycles. The van der Waals surface area contributed by atoms with Gasteiger partial charge in [-0.05, 0) is 57.9 Å². The zero-order chi connectivity index (χ0) is 23.0. The Morgan fingerprint density at radius 2 is 1.55 bits per heavy atom. The zero-order valence-electron chi connectivity index (χ0n) is 19.6. The highest BCUT2D eigenvalue weighted by molar-refractivity contribution is 6.60. The Hall–Kier alpha value is -1.87. The lowest BCUT2D eigenvalue weighted by Gasteiger charge is -2.28. The third-order valence-corrected chi connectivity index (χ3v) is 7.70. The molecule has 0 N–H and O–H groups in total. The highest BCUT2D eigenvalue weighted by atomic mass is 28.4. The van der Waals surface area contributed by atoms with Crippen molar-refractivity contribution in [2.24, 2.45) is 0 Å². The lowest BCUT2D eigenvalue weighted by Crippen LogP contribution is -2.45. The second-order valence-electron chi connectivity index (χ2n) is 6.75. The van der Waals surface area contributed by atoms with Crippen LogP contribution in [0.3, 0.4) is 0 Å². The summed E-state index contributed by atoms with van der Waals surface area (Å²) in [5, 5.41) is 0. The normalized spacial score (nSPS) is 11.6. The van der Waals surface area contributed by atoms with Crippen LogP contribution in [0.15, 0.2) is 24.3 Å². The van der Waals surface area contributed by atoms with Gasteiger partial charge in [-0.2, -0.15) is 0 Å². The fourth-order valence-corrected chi connectivity index (χ4v) is 5.83. The molecule has 0 bridgehead atoms.